The zero-order valence-electron chi connectivity index (χ0n) is 38.4. The Morgan fingerprint density at radius 2 is 1.01 bits per heavy atom. The molecule has 0 saturated carbocycles. The van der Waals surface area contributed by atoms with E-state index in [2.05, 4.69) is 55.1 Å². The SMILES string of the molecule is Cc1c(F)cncc1-c1nc2cc(Cl)ccn2n1.Cc1c(F)cncc1-c1nc2cc(Cl)ccn2n1.Cc1c(F)cncc1C#N.Cc1c(F)cncc1C(N)=Nc1cc(Cl)ccn1.F.Nc1cc(Cl)ccn1. The Morgan fingerprint density at radius 1 is 0.575 bits per heavy atom. The zero-order valence-corrected chi connectivity index (χ0v) is 41.4. The molecule has 0 saturated heterocycles. The highest BCUT2D eigenvalue weighted by Crippen LogP contribution is 2.24. The Balaban J connectivity index is 0.000000174. The van der Waals surface area contributed by atoms with Gasteiger partial charge in [0.2, 0.25) is 0 Å². The number of nitrogens with two attached hydrogens (primary N) is 2. The first-order valence-corrected chi connectivity index (χ1v) is 22.1. The Hall–Kier alpha value is -8.29. The van der Waals surface area contributed by atoms with E-state index < -0.39 is 11.6 Å². The van der Waals surface area contributed by atoms with Crippen LogP contribution in [0.4, 0.5) is 33.9 Å². The van der Waals surface area contributed by atoms with E-state index in [4.69, 9.17) is 63.1 Å². The molecule has 10 aromatic rings. The molecule has 0 amide bonds. The maximum Gasteiger partial charge on any atom is 0.184 e. The third-order valence-electron chi connectivity index (χ3n) is 9.78. The van der Waals surface area contributed by atoms with Crippen LogP contribution in [-0.2, 0) is 0 Å². The van der Waals surface area contributed by atoms with E-state index in [-0.39, 0.29) is 22.2 Å². The van der Waals surface area contributed by atoms with Crippen molar-refractivity contribution in [2.45, 2.75) is 27.7 Å². The molecule has 10 aromatic heterocycles. The summed E-state index contributed by atoms with van der Waals surface area (Å²) in [5, 5.41) is 19.2. The number of hydrogen-bond donors (Lipinski definition) is 2. The van der Waals surface area contributed by atoms with Crippen LogP contribution in [-0.4, -0.2) is 64.9 Å². The van der Waals surface area contributed by atoms with Crippen molar-refractivity contribution in [1.82, 2.24) is 59.1 Å². The fourth-order valence-corrected chi connectivity index (χ4v) is 6.45. The van der Waals surface area contributed by atoms with Crippen molar-refractivity contribution >= 4 is 75.2 Å². The molecule has 0 aliphatic heterocycles. The third kappa shape index (κ3) is 14.9. The number of nitrogens with zero attached hydrogens (tertiary/aromatic N) is 14. The normalized spacial score (nSPS) is 10.5. The summed E-state index contributed by atoms with van der Waals surface area (Å²) in [6.07, 6.45) is 17.0. The predicted molar refractivity (Wildman–Crippen MR) is 270 cm³/mol. The molecule has 0 aromatic carbocycles. The minimum Gasteiger partial charge on any atom is -0.384 e. The van der Waals surface area contributed by atoms with Crippen LogP contribution in [0, 0.1) is 62.3 Å². The van der Waals surface area contributed by atoms with Gasteiger partial charge in [-0.2, -0.15) is 5.26 Å². The van der Waals surface area contributed by atoms with Gasteiger partial charge in [0.25, 0.3) is 0 Å². The van der Waals surface area contributed by atoms with Gasteiger partial charge in [0, 0.05) is 110 Å². The van der Waals surface area contributed by atoms with Crippen LogP contribution in [0.1, 0.15) is 33.4 Å². The summed E-state index contributed by atoms with van der Waals surface area (Å²) in [6.45, 7) is 6.51. The zero-order chi connectivity index (χ0) is 52.1. The highest BCUT2D eigenvalue weighted by Gasteiger charge is 2.14. The number of halogens is 9. The first-order valence-electron chi connectivity index (χ1n) is 20.6. The molecule has 10 heterocycles. The van der Waals surface area contributed by atoms with Gasteiger partial charge in [0.05, 0.1) is 30.4 Å². The average Bonchev–Trinajstić information content (AvgIpc) is 3.97. The first kappa shape index (κ1) is 55.6. The fraction of sp³-hybridized carbons (Fsp3) is 0.0833. The largest absolute Gasteiger partial charge is 0.384 e. The molecule has 16 nitrogen and oxygen atoms in total. The monoisotopic (exact) mass is 1070 g/mol. The van der Waals surface area contributed by atoms with Gasteiger partial charge >= 0.3 is 0 Å². The van der Waals surface area contributed by atoms with Crippen molar-refractivity contribution in [1.29, 1.82) is 5.26 Å². The van der Waals surface area contributed by atoms with E-state index in [1.54, 1.807) is 116 Å². The van der Waals surface area contributed by atoms with Crippen molar-refractivity contribution in [2.24, 2.45) is 10.7 Å². The van der Waals surface area contributed by atoms with Gasteiger partial charge in [-0.05, 0) is 74.7 Å². The number of aromatic nitrogens is 12. The minimum atomic E-state index is -0.431. The lowest BCUT2D eigenvalue weighted by Gasteiger charge is -2.05. The number of amidine groups is 1. The van der Waals surface area contributed by atoms with Gasteiger partial charge in [-0.15, -0.1) is 10.2 Å². The topological polar surface area (TPSA) is 226 Å². The molecule has 0 aliphatic rings. The molecular formula is C48H37Cl4F5N16. The maximum absolute atomic E-state index is 13.4. The van der Waals surface area contributed by atoms with E-state index in [0.29, 0.717) is 99.2 Å². The Bertz CT molecular complexity index is 3460. The van der Waals surface area contributed by atoms with Crippen molar-refractivity contribution in [2.75, 3.05) is 5.73 Å². The van der Waals surface area contributed by atoms with Crippen LogP contribution >= 0.6 is 46.4 Å². The van der Waals surface area contributed by atoms with E-state index in [0.717, 1.165) is 12.4 Å². The Kier molecular flexibility index (Phi) is 19.6. The second-order valence-corrected chi connectivity index (χ2v) is 16.4. The van der Waals surface area contributed by atoms with Crippen molar-refractivity contribution in [3.05, 3.63) is 200 Å². The lowest BCUT2D eigenvalue weighted by Crippen LogP contribution is -2.15. The lowest BCUT2D eigenvalue weighted by atomic mass is 10.1. The molecule has 0 unspecified atom stereocenters. The molecule has 73 heavy (non-hydrogen) atoms. The maximum atomic E-state index is 13.4. The highest BCUT2D eigenvalue weighted by molar-refractivity contribution is 6.31. The lowest BCUT2D eigenvalue weighted by molar-refractivity contribution is 0.611. The summed E-state index contributed by atoms with van der Waals surface area (Å²) in [6, 6.07) is 15.1. The number of nitriles is 1. The molecule has 25 heteroatoms. The Morgan fingerprint density at radius 3 is 1.47 bits per heavy atom. The van der Waals surface area contributed by atoms with Crippen LogP contribution in [0.25, 0.3) is 34.1 Å². The number of nitrogen functional groups attached to an aromatic ring is 1. The van der Waals surface area contributed by atoms with Gasteiger partial charge in [0.1, 0.15) is 41.0 Å². The molecule has 4 N–H and O–H groups in total. The molecular weight excluding hydrogens is 1040 g/mol. The molecule has 0 radical (unpaired) electrons. The summed E-state index contributed by atoms with van der Waals surface area (Å²) in [4.78, 5) is 35.3. The Labute approximate surface area is 432 Å². The third-order valence-corrected chi connectivity index (χ3v) is 10.7. The van der Waals surface area contributed by atoms with Gasteiger partial charge < -0.3 is 11.5 Å². The number of fused-ring (bicyclic) bond motifs is 2. The van der Waals surface area contributed by atoms with E-state index in [1.165, 1.54) is 31.0 Å². The average molecular weight is 1070 g/mol. The predicted octanol–water partition coefficient (Wildman–Crippen LogP) is 11.3. The number of rotatable bonds is 4. The van der Waals surface area contributed by atoms with Crippen molar-refractivity contribution in [3.63, 3.8) is 0 Å². The summed E-state index contributed by atoms with van der Waals surface area (Å²) < 4.78 is 55.9. The summed E-state index contributed by atoms with van der Waals surface area (Å²) in [5.41, 5.74) is 15.9. The van der Waals surface area contributed by atoms with E-state index in [1.807, 2.05) is 6.07 Å². The van der Waals surface area contributed by atoms with Crippen LogP contribution < -0.4 is 11.5 Å². The standard InChI is InChI=1S/2C12H8ClFN4.C12H10ClFN4.C7H5FN2.C5H5ClN2.FH/c2*1-7-9(5-15-6-10(7)14)12-16-11-4-8(13)2-3-18(11)17-12;1-7-9(5-16-6-10(7)14)12(15)18-11-4-8(13)2-3-17-11;1-5-6(2-9)3-10-4-7(5)8;6-4-1-2-8-5(7)3-4;/h2*2-6H,1H3;2-6H,1H3,(H2,15,17,18);3-4H,1H3;1-3H,(H2,7,8);1H. The fourth-order valence-electron chi connectivity index (χ4n) is 5.82. The number of aliphatic imine (C=N–C) groups is 1. The number of pyridine rings is 8. The minimum absolute atomic E-state index is 0. The summed E-state index contributed by atoms with van der Waals surface area (Å²) in [7, 11) is 0. The quantitative estimate of drug-likeness (QED) is 0.0951. The molecule has 0 atom stereocenters. The van der Waals surface area contributed by atoms with Crippen LogP contribution in [0.3, 0.4) is 0 Å². The van der Waals surface area contributed by atoms with Crippen LogP contribution in [0.15, 0.2) is 128 Å². The molecule has 372 valence electrons. The molecule has 10 rings (SSSR count). The molecule has 0 fully saturated rings. The number of hydrogen-bond acceptors (Lipinski definition) is 13. The summed E-state index contributed by atoms with van der Waals surface area (Å²) >= 11 is 23.1. The van der Waals surface area contributed by atoms with Gasteiger partial charge in [-0.1, -0.05) is 46.4 Å². The number of anilines is 1. The van der Waals surface area contributed by atoms with Crippen LogP contribution in [0.5, 0.6) is 0 Å². The summed E-state index contributed by atoms with van der Waals surface area (Å²) in [5.74, 6) is 0.233. The van der Waals surface area contributed by atoms with E-state index in [9.17, 15) is 17.6 Å². The first-order chi connectivity index (χ1) is 34.4. The van der Waals surface area contributed by atoms with Crippen molar-refractivity contribution in [3.8, 4) is 28.8 Å². The van der Waals surface area contributed by atoms with E-state index >= 15 is 0 Å². The van der Waals surface area contributed by atoms with Gasteiger partial charge in [0.15, 0.2) is 28.8 Å². The smallest absolute Gasteiger partial charge is 0.184 e. The molecule has 0 bridgehead atoms. The van der Waals surface area contributed by atoms with Gasteiger partial charge in [-0.3, -0.25) is 24.6 Å². The second-order valence-electron chi connectivity index (χ2n) is 14.7. The van der Waals surface area contributed by atoms with Gasteiger partial charge in [-0.25, -0.2) is 51.5 Å². The molecule has 0 spiro atoms. The molecule has 0 aliphatic carbocycles. The van der Waals surface area contributed by atoms with Crippen LogP contribution in [0.2, 0.25) is 20.1 Å². The van der Waals surface area contributed by atoms with Crippen molar-refractivity contribution < 1.29 is 22.3 Å². The highest BCUT2D eigenvalue weighted by atomic mass is 35.5. The second kappa shape index (κ2) is 25.7.